The number of rotatable bonds is 4. The standard InChI is InChI=1S/C13H25NO/c1-5-11(6-2)13(15)14-9-8-10(4)12(14)7-3/h10-12H,5-9H2,1-4H3/t10-,12+/m1/s1. The van der Waals surface area contributed by atoms with Crippen LogP contribution >= 0.6 is 0 Å². The van der Waals surface area contributed by atoms with Gasteiger partial charge in [-0.05, 0) is 31.6 Å². The Labute approximate surface area is 94.0 Å². The molecule has 2 atom stereocenters. The van der Waals surface area contributed by atoms with Gasteiger partial charge >= 0.3 is 0 Å². The van der Waals surface area contributed by atoms with Crippen LogP contribution in [0.2, 0.25) is 0 Å². The van der Waals surface area contributed by atoms with Crippen molar-refractivity contribution in [3.63, 3.8) is 0 Å². The lowest BCUT2D eigenvalue weighted by molar-refractivity contribution is -0.137. The number of carbonyl (C=O) groups is 1. The predicted octanol–water partition coefficient (Wildman–Crippen LogP) is 3.07. The van der Waals surface area contributed by atoms with Gasteiger partial charge in [-0.25, -0.2) is 0 Å². The molecule has 1 amide bonds. The summed E-state index contributed by atoms with van der Waals surface area (Å²) in [5.74, 6) is 1.34. The average molecular weight is 211 g/mol. The Morgan fingerprint density at radius 1 is 1.33 bits per heavy atom. The number of likely N-dealkylation sites (tertiary alicyclic amines) is 1. The average Bonchev–Trinajstić information content (AvgIpc) is 2.61. The van der Waals surface area contributed by atoms with Crippen LogP contribution in [0.25, 0.3) is 0 Å². The van der Waals surface area contributed by atoms with E-state index in [4.69, 9.17) is 0 Å². The maximum absolute atomic E-state index is 12.2. The van der Waals surface area contributed by atoms with Crippen molar-refractivity contribution in [1.29, 1.82) is 0 Å². The minimum absolute atomic E-state index is 0.254. The lowest BCUT2D eigenvalue weighted by Crippen LogP contribution is -2.40. The summed E-state index contributed by atoms with van der Waals surface area (Å²) in [5.41, 5.74) is 0. The molecule has 0 bridgehead atoms. The van der Waals surface area contributed by atoms with Crippen molar-refractivity contribution in [1.82, 2.24) is 4.90 Å². The van der Waals surface area contributed by atoms with E-state index in [1.54, 1.807) is 0 Å². The van der Waals surface area contributed by atoms with Crippen molar-refractivity contribution in [3.8, 4) is 0 Å². The van der Waals surface area contributed by atoms with Gasteiger partial charge in [-0.15, -0.1) is 0 Å². The molecular formula is C13H25NO. The summed E-state index contributed by atoms with van der Waals surface area (Å²) in [6.07, 6.45) is 4.25. The molecule has 0 aromatic rings. The normalized spacial score (nSPS) is 26.3. The molecule has 1 heterocycles. The van der Waals surface area contributed by atoms with Crippen molar-refractivity contribution >= 4 is 5.91 Å². The fourth-order valence-electron chi connectivity index (χ4n) is 2.78. The Bertz CT molecular complexity index is 211. The largest absolute Gasteiger partial charge is 0.339 e. The second-order valence-electron chi connectivity index (χ2n) is 4.79. The molecule has 2 nitrogen and oxygen atoms in total. The van der Waals surface area contributed by atoms with E-state index < -0.39 is 0 Å². The fourth-order valence-corrected chi connectivity index (χ4v) is 2.78. The zero-order valence-electron chi connectivity index (χ0n) is 10.6. The molecule has 15 heavy (non-hydrogen) atoms. The minimum atomic E-state index is 0.254. The van der Waals surface area contributed by atoms with Crippen LogP contribution in [0.4, 0.5) is 0 Å². The number of hydrogen-bond donors (Lipinski definition) is 0. The first-order valence-electron chi connectivity index (χ1n) is 6.46. The van der Waals surface area contributed by atoms with Crippen LogP contribution in [0.1, 0.15) is 53.4 Å². The van der Waals surface area contributed by atoms with Gasteiger partial charge < -0.3 is 4.90 Å². The Hall–Kier alpha value is -0.530. The van der Waals surface area contributed by atoms with E-state index in [1.165, 1.54) is 6.42 Å². The lowest BCUT2D eigenvalue weighted by atomic mass is 9.98. The van der Waals surface area contributed by atoms with E-state index in [-0.39, 0.29) is 5.92 Å². The van der Waals surface area contributed by atoms with Gasteiger partial charge in [0.1, 0.15) is 0 Å². The number of carbonyl (C=O) groups excluding carboxylic acids is 1. The molecule has 1 fully saturated rings. The van der Waals surface area contributed by atoms with Gasteiger partial charge in [0.25, 0.3) is 0 Å². The van der Waals surface area contributed by atoms with Gasteiger partial charge in [-0.1, -0.05) is 27.7 Å². The minimum Gasteiger partial charge on any atom is -0.339 e. The molecule has 0 N–H and O–H groups in total. The molecule has 0 aromatic heterocycles. The first kappa shape index (κ1) is 12.5. The summed E-state index contributed by atoms with van der Waals surface area (Å²) in [6, 6.07) is 0.498. The molecule has 1 saturated heterocycles. The van der Waals surface area contributed by atoms with E-state index in [0.717, 1.165) is 25.8 Å². The van der Waals surface area contributed by atoms with Crippen LogP contribution in [0, 0.1) is 11.8 Å². The van der Waals surface area contributed by atoms with Crippen molar-refractivity contribution < 1.29 is 4.79 Å². The van der Waals surface area contributed by atoms with E-state index in [2.05, 4.69) is 32.6 Å². The second-order valence-corrected chi connectivity index (χ2v) is 4.79. The summed E-state index contributed by atoms with van der Waals surface area (Å²) in [5, 5.41) is 0. The Balaban J connectivity index is 2.66. The first-order chi connectivity index (χ1) is 7.15. The highest BCUT2D eigenvalue weighted by molar-refractivity contribution is 5.79. The molecule has 0 aromatic carbocycles. The van der Waals surface area contributed by atoms with E-state index >= 15 is 0 Å². The van der Waals surface area contributed by atoms with Gasteiger partial charge in [0.2, 0.25) is 5.91 Å². The molecule has 0 aliphatic carbocycles. The molecule has 0 radical (unpaired) electrons. The van der Waals surface area contributed by atoms with Crippen LogP contribution < -0.4 is 0 Å². The molecule has 1 aliphatic rings. The molecule has 1 rings (SSSR count). The maximum atomic E-state index is 12.2. The SMILES string of the molecule is CCC(CC)C(=O)N1CC[C@@H](C)[C@@H]1CC. The van der Waals surface area contributed by atoms with Gasteiger partial charge in [0.05, 0.1) is 0 Å². The fraction of sp³-hybridized carbons (Fsp3) is 0.923. The summed E-state index contributed by atoms with van der Waals surface area (Å²) < 4.78 is 0. The molecule has 1 aliphatic heterocycles. The third-order valence-corrected chi connectivity index (χ3v) is 3.92. The Morgan fingerprint density at radius 2 is 1.93 bits per heavy atom. The summed E-state index contributed by atoms with van der Waals surface area (Å²) >= 11 is 0. The molecule has 0 spiro atoms. The third kappa shape index (κ3) is 2.53. The van der Waals surface area contributed by atoms with E-state index in [9.17, 15) is 4.79 Å². The highest BCUT2D eigenvalue weighted by atomic mass is 16.2. The Morgan fingerprint density at radius 3 is 2.40 bits per heavy atom. The summed E-state index contributed by atoms with van der Waals surface area (Å²) in [7, 11) is 0. The van der Waals surface area contributed by atoms with E-state index in [0.29, 0.717) is 17.9 Å². The maximum Gasteiger partial charge on any atom is 0.225 e. The summed E-state index contributed by atoms with van der Waals surface area (Å²) in [6.45, 7) is 9.68. The lowest BCUT2D eigenvalue weighted by Gasteiger charge is -2.29. The van der Waals surface area contributed by atoms with Gasteiger partial charge in [0.15, 0.2) is 0 Å². The highest BCUT2D eigenvalue weighted by Crippen LogP contribution is 2.28. The number of nitrogens with zero attached hydrogens (tertiary/aromatic N) is 1. The van der Waals surface area contributed by atoms with Crippen molar-refractivity contribution in [2.75, 3.05) is 6.54 Å². The first-order valence-corrected chi connectivity index (χ1v) is 6.46. The zero-order valence-corrected chi connectivity index (χ0v) is 10.6. The molecule has 88 valence electrons. The quantitative estimate of drug-likeness (QED) is 0.700. The van der Waals surface area contributed by atoms with Crippen molar-refractivity contribution in [2.45, 2.75) is 59.4 Å². The smallest absolute Gasteiger partial charge is 0.225 e. The molecule has 2 heteroatoms. The van der Waals surface area contributed by atoms with Gasteiger partial charge in [0, 0.05) is 18.5 Å². The predicted molar refractivity (Wildman–Crippen MR) is 63.6 cm³/mol. The number of hydrogen-bond acceptors (Lipinski definition) is 1. The highest BCUT2D eigenvalue weighted by Gasteiger charge is 2.34. The van der Waals surface area contributed by atoms with Gasteiger partial charge in [-0.2, -0.15) is 0 Å². The molecule has 0 saturated carbocycles. The van der Waals surface area contributed by atoms with Crippen molar-refractivity contribution in [3.05, 3.63) is 0 Å². The van der Waals surface area contributed by atoms with Crippen LogP contribution in [0.15, 0.2) is 0 Å². The third-order valence-electron chi connectivity index (χ3n) is 3.92. The van der Waals surface area contributed by atoms with Crippen LogP contribution in [0.5, 0.6) is 0 Å². The monoisotopic (exact) mass is 211 g/mol. The van der Waals surface area contributed by atoms with Crippen LogP contribution in [-0.4, -0.2) is 23.4 Å². The summed E-state index contributed by atoms with van der Waals surface area (Å²) in [4.78, 5) is 14.4. The topological polar surface area (TPSA) is 20.3 Å². The zero-order chi connectivity index (χ0) is 11.4. The number of amides is 1. The second kappa shape index (κ2) is 5.53. The van der Waals surface area contributed by atoms with Crippen molar-refractivity contribution in [2.24, 2.45) is 11.8 Å². The van der Waals surface area contributed by atoms with E-state index in [1.807, 2.05) is 0 Å². The Kier molecular flexibility index (Phi) is 4.62. The van der Waals surface area contributed by atoms with Gasteiger partial charge in [-0.3, -0.25) is 4.79 Å². The van der Waals surface area contributed by atoms with Crippen LogP contribution in [-0.2, 0) is 4.79 Å². The molecule has 0 unspecified atom stereocenters. The van der Waals surface area contributed by atoms with Crippen LogP contribution in [0.3, 0.4) is 0 Å². The molecular weight excluding hydrogens is 186 g/mol.